The molecule has 1 aromatic heterocycles. The molecule has 0 bridgehead atoms. The molecular weight excluding hydrogens is 366 g/mol. The molecule has 0 aliphatic heterocycles. The molecule has 0 N–H and O–H groups in total. The highest BCUT2D eigenvalue weighted by Gasteiger charge is 2.31. The van der Waals surface area contributed by atoms with Gasteiger partial charge in [-0.3, -0.25) is 9.48 Å². The Morgan fingerprint density at radius 1 is 1.14 bits per heavy atom. The van der Waals surface area contributed by atoms with Gasteiger partial charge in [0.2, 0.25) is 0 Å². The summed E-state index contributed by atoms with van der Waals surface area (Å²) in [7, 11) is 5.18. The molecule has 1 saturated carbocycles. The van der Waals surface area contributed by atoms with E-state index in [1.807, 2.05) is 54.4 Å². The summed E-state index contributed by atoms with van der Waals surface area (Å²) < 4.78 is 12.7. The van der Waals surface area contributed by atoms with Crippen molar-refractivity contribution in [2.75, 3.05) is 14.2 Å². The number of para-hydroxylation sites is 1. The van der Waals surface area contributed by atoms with Gasteiger partial charge >= 0.3 is 0 Å². The normalized spacial score (nSPS) is 14.3. The van der Waals surface area contributed by atoms with Crippen molar-refractivity contribution in [2.45, 2.75) is 38.3 Å². The third kappa shape index (κ3) is 3.67. The third-order valence-corrected chi connectivity index (χ3v) is 5.81. The Morgan fingerprint density at radius 3 is 2.62 bits per heavy atom. The number of aryl methyl sites for hydroxylation is 1. The molecule has 1 fully saturated rings. The fraction of sp³-hybridized carbons (Fsp3) is 0.391. The van der Waals surface area contributed by atoms with E-state index >= 15 is 0 Å². The first-order valence-electron chi connectivity index (χ1n) is 10.1. The zero-order valence-electron chi connectivity index (χ0n) is 17.2. The van der Waals surface area contributed by atoms with Crippen molar-refractivity contribution >= 4 is 16.8 Å². The third-order valence-electron chi connectivity index (χ3n) is 5.81. The van der Waals surface area contributed by atoms with Gasteiger partial charge in [0.15, 0.2) is 5.69 Å². The number of nitrogens with zero attached hydrogens (tertiary/aromatic N) is 3. The Hall–Kier alpha value is -3.02. The molecule has 152 valence electrons. The first kappa shape index (κ1) is 19.3. The van der Waals surface area contributed by atoms with E-state index in [2.05, 4.69) is 5.10 Å². The number of aromatic nitrogens is 2. The molecule has 2 aromatic carbocycles. The largest absolute Gasteiger partial charge is 0.497 e. The predicted molar refractivity (Wildman–Crippen MR) is 112 cm³/mol. The van der Waals surface area contributed by atoms with Crippen molar-refractivity contribution in [1.29, 1.82) is 0 Å². The van der Waals surface area contributed by atoms with Crippen LogP contribution in [0.5, 0.6) is 11.5 Å². The van der Waals surface area contributed by atoms with E-state index in [0.29, 0.717) is 12.2 Å². The van der Waals surface area contributed by atoms with Crippen molar-refractivity contribution in [3.8, 4) is 11.5 Å². The van der Waals surface area contributed by atoms with Crippen molar-refractivity contribution in [3.63, 3.8) is 0 Å². The lowest BCUT2D eigenvalue weighted by Gasteiger charge is -2.29. The Labute approximate surface area is 171 Å². The van der Waals surface area contributed by atoms with Crippen LogP contribution >= 0.6 is 0 Å². The lowest BCUT2D eigenvalue weighted by atomic mass is 10.1. The zero-order chi connectivity index (χ0) is 20.4. The van der Waals surface area contributed by atoms with Crippen molar-refractivity contribution < 1.29 is 14.3 Å². The highest BCUT2D eigenvalue weighted by atomic mass is 16.5. The number of rotatable bonds is 6. The number of hydrogen-bond donors (Lipinski definition) is 0. The molecule has 0 unspecified atom stereocenters. The molecule has 0 atom stereocenters. The number of methoxy groups -OCH3 is 2. The quantitative estimate of drug-likeness (QED) is 0.631. The van der Waals surface area contributed by atoms with Crippen LogP contribution in [-0.4, -0.2) is 40.8 Å². The number of carbonyl (C=O) groups excluding carboxylic acids is 1. The van der Waals surface area contributed by atoms with Crippen molar-refractivity contribution in [3.05, 3.63) is 53.7 Å². The summed E-state index contributed by atoms with van der Waals surface area (Å²) in [6.07, 6.45) is 4.32. The number of fused-ring (bicyclic) bond motifs is 1. The fourth-order valence-electron chi connectivity index (χ4n) is 4.28. The van der Waals surface area contributed by atoms with Gasteiger partial charge in [0, 0.05) is 24.0 Å². The molecule has 1 aliphatic carbocycles. The predicted octanol–water partition coefficient (Wildman–Crippen LogP) is 4.18. The topological polar surface area (TPSA) is 56.6 Å². The number of amides is 1. The summed E-state index contributed by atoms with van der Waals surface area (Å²) in [5.74, 6) is 1.48. The molecule has 1 aliphatic rings. The summed E-state index contributed by atoms with van der Waals surface area (Å²) in [6.45, 7) is 0.467. The molecule has 0 saturated heterocycles. The van der Waals surface area contributed by atoms with E-state index in [9.17, 15) is 4.79 Å². The second-order valence-corrected chi connectivity index (χ2v) is 7.54. The van der Waals surface area contributed by atoms with E-state index in [1.54, 1.807) is 18.9 Å². The van der Waals surface area contributed by atoms with Gasteiger partial charge in [-0.25, -0.2) is 0 Å². The lowest BCUT2D eigenvalue weighted by molar-refractivity contribution is 0.0658. The van der Waals surface area contributed by atoms with E-state index in [0.717, 1.165) is 53.6 Å². The minimum absolute atomic E-state index is 0.0291. The molecule has 29 heavy (non-hydrogen) atoms. The second kappa shape index (κ2) is 8.15. The molecular formula is C23H27N3O3. The summed E-state index contributed by atoms with van der Waals surface area (Å²) in [4.78, 5) is 15.7. The van der Waals surface area contributed by atoms with Crippen molar-refractivity contribution in [1.82, 2.24) is 14.7 Å². The second-order valence-electron chi connectivity index (χ2n) is 7.54. The highest BCUT2D eigenvalue weighted by molar-refractivity contribution is 6.05. The number of hydrogen-bond acceptors (Lipinski definition) is 4. The maximum atomic E-state index is 13.7. The smallest absolute Gasteiger partial charge is 0.275 e. The maximum Gasteiger partial charge on any atom is 0.275 e. The minimum atomic E-state index is -0.0291. The van der Waals surface area contributed by atoms with Crippen LogP contribution in [0.3, 0.4) is 0 Å². The van der Waals surface area contributed by atoms with Crippen LogP contribution in [0, 0.1) is 0 Å². The van der Waals surface area contributed by atoms with Crippen LogP contribution in [0.25, 0.3) is 10.9 Å². The average molecular weight is 393 g/mol. The monoisotopic (exact) mass is 393 g/mol. The van der Waals surface area contributed by atoms with Gasteiger partial charge in [-0.05, 0) is 37.1 Å². The summed E-state index contributed by atoms with van der Waals surface area (Å²) in [6, 6.07) is 13.8. The summed E-state index contributed by atoms with van der Waals surface area (Å²) in [5.41, 5.74) is 2.41. The van der Waals surface area contributed by atoms with Gasteiger partial charge < -0.3 is 14.4 Å². The number of ether oxygens (including phenoxy) is 2. The van der Waals surface area contributed by atoms with Gasteiger partial charge in [-0.1, -0.05) is 31.0 Å². The van der Waals surface area contributed by atoms with Gasteiger partial charge in [0.25, 0.3) is 5.91 Å². The number of benzene rings is 2. The van der Waals surface area contributed by atoms with Gasteiger partial charge in [0.05, 0.1) is 26.3 Å². The first-order valence-corrected chi connectivity index (χ1v) is 10.1. The van der Waals surface area contributed by atoms with E-state index in [4.69, 9.17) is 9.47 Å². The average Bonchev–Trinajstić information content (AvgIpc) is 3.40. The summed E-state index contributed by atoms with van der Waals surface area (Å²) >= 11 is 0. The van der Waals surface area contributed by atoms with E-state index < -0.39 is 0 Å². The molecule has 1 heterocycles. The fourth-order valence-corrected chi connectivity index (χ4v) is 4.28. The van der Waals surface area contributed by atoms with Crippen LogP contribution in [0.4, 0.5) is 0 Å². The van der Waals surface area contributed by atoms with Crippen LogP contribution in [0.2, 0.25) is 0 Å². The lowest BCUT2D eigenvalue weighted by Crippen LogP contribution is -2.38. The molecule has 6 heteroatoms. The SMILES string of the molecule is COc1ccc(OC)c(CN(C(=O)c2nn(C)c3ccccc23)C2CCCC2)c1. The molecule has 6 nitrogen and oxygen atoms in total. The summed E-state index contributed by atoms with van der Waals surface area (Å²) in [5, 5.41) is 5.46. The van der Waals surface area contributed by atoms with Gasteiger partial charge in [-0.15, -0.1) is 0 Å². The maximum absolute atomic E-state index is 13.7. The highest BCUT2D eigenvalue weighted by Crippen LogP contribution is 2.31. The zero-order valence-corrected chi connectivity index (χ0v) is 17.2. The van der Waals surface area contributed by atoms with Crippen LogP contribution < -0.4 is 9.47 Å². The van der Waals surface area contributed by atoms with Crippen LogP contribution in [0.1, 0.15) is 41.7 Å². The molecule has 3 aromatic rings. The Bertz CT molecular complexity index is 1020. The van der Waals surface area contributed by atoms with Gasteiger partial charge in [-0.2, -0.15) is 5.10 Å². The standard InChI is InChI=1S/C23H27N3O3/c1-25-20-11-7-6-10-19(20)22(24-25)23(27)26(17-8-4-5-9-17)15-16-14-18(28-2)12-13-21(16)29-3/h6-7,10-14,17H,4-5,8-9,15H2,1-3H3. The molecule has 0 spiro atoms. The number of carbonyl (C=O) groups is 1. The molecule has 1 amide bonds. The van der Waals surface area contributed by atoms with Crippen molar-refractivity contribution in [2.24, 2.45) is 7.05 Å². The minimum Gasteiger partial charge on any atom is -0.497 e. The Balaban J connectivity index is 1.74. The molecule has 0 radical (unpaired) electrons. The van der Waals surface area contributed by atoms with E-state index in [1.165, 1.54) is 0 Å². The Morgan fingerprint density at radius 2 is 1.90 bits per heavy atom. The van der Waals surface area contributed by atoms with Crippen LogP contribution in [0.15, 0.2) is 42.5 Å². The van der Waals surface area contributed by atoms with Crippen LogP contribution in [-0.2, 0) is 13.6 Å². The first-order chi connectivity index (χ1) is 14.1. The van der Waals surface area contributed by atoms with Gasteiger partial charge in [0.1, 0.15) is 11.5 Å². The Kier molecular flexibility index (Phi) is 5.43. The van der Waals surface area contributed by atoms with E-state index in [-0.39, 0.29) is 11.9 Å². The molecule has 4 rings (SSSR count).